The average Bonchev–Trinajstić information content (AvgIpc) is 2.67. The number of nitriles is 1. The molecule has 0 aliphatic carbocycles. The number of carbonyl (C=O) groups excluding carboxylic acids is 1. The zero-order valence-electron chi connectivity index (χ0n) is 14.9. The Morgan fingerprint density at radius 1 is 1.00 bits per heavy atom. The Balaban J connectivity index is 1.79. The number of benzene rings is 2. The van der Waals surface area contributed by atoms with E-state index in [0.29, 0.717) is 28.6 Å². The molecule has 27 heavy (non-hydrogen) atoms. The van der Waals surface area contributed by atoms with Crippen molar-refractivity contribution in [3.05, 3.63) is 71.5 Å². The molecule has 0 bridgehead atoms. The number of ether oxygens (including phenoxy) is 1. The van der Waals surface area contributed by atoms with Crippen molar-refractivity contribution in [2.24, 2.45) is 0 Å². The Morgan fingerprint density at radius 3 is 2.30 bits per heavy atom. The summed E-state index contributed by atoms with van der Waals surface area (Å²) < 4.78 is 4.69. The number of hydrogen-bond donors (Lipinski definition) is 2. The number of carbonyl (C=O) groups is 1. The minimum absolute atomic E-state index is 0.384. The highest BCUT2D eigenvalue weighted by Gasteiger charge is 2.06. The second kappa shape index (κ2) is 7.97. The van der Waals surface area contributed by atoms with Gasteiger partial charge in [-0.05, 0) is 49.4 Å². The third kappa shape index (κ3) is 4.58. The highest BCUT2D eigenvalue weighted by Crippen LogP contribution is 2.21. The summed E-state index contributed by atoms with van der Waals surface area (Å²) in [5.41, 5.74) is 2.58. The first kappa shape index (κ1) is 17.9. The minimum Gasteiger partial charge on any atom is -0.465 e. The number of methoxy groups -OCH3 is 1. The van der Waals surface area contributed by atoms with E-state index < -0.39 is 0 Å². The van der Waals surface area contributed by atoms with Crippen molar-refractivity contribution in [3.63, 3.8) is 0 Å². The van der Waals surface area contributed by atoms with Crippen LogP contribution in [0.2, 0.25) is 0 Å². The van der Waals surface area contributed by atoms with Crippen molar-refractivity contribution in [3.8, 4) is 6.07 Å². The average molecular weight is 359 g/mol. The van der Waals surface area contributed by atoms with Crippen LogP contribution in [0.4, 0.5) is 23.0 Å². The molecule has 0 atom stereocenters. The summed E-state index contributed by atoms with van der Waals surface area (Å²) >= 11 is 0. The van der Waals surface area contributed by atoms with Crippen molar-refractivity contribution in [2.75, 3.05) is 17.7 Å². The van der Waals surface area contributed by atoms with Crippen molar-refractivity contribution >= 4 is 29.0 Å². The largest absolute Gasteiger partial charge is 0.465 e. The quantitative estimate of drug-likeness (QED) is 0.666. The lowest BCUT2D eigenvalue weighted by Crippen LogP contribution is -2.03. The Labute approximate surface area is 156 Å². The standard InChI is InChI=1S/C20H17N5O2/c1-13-22-18(24-16-8-6-15(7-9-16)20(26)27-2)11-19(23-13)25-17-5-3-4-14(10-17)12-21/h3-11H,1-2H3,(H2,22,23,24,25). The Kier molecular flexibility index (Phi) is 5.28. The minimum atomic E-state index is -0.384. The number of anilines is 4. The van der Waals surface area contributed by atoms with Crippen molar-refractivity contribution in [1.29, 1.82) is 5.26 Å². The lowest BCUT2D eigenvalue weighted by Gasteiger charge is -2.11. The highest BCUT2D eigenvalue weighted by atomic mass is 16.5. The third-order valence-electron chi connectivity index (χ3n) is 3.68. The first-order valence-corrected chi connectivity index (χ1v) is 8.15. The van der Waals surface area contributed by atoms with Crippen LogP contribution in [0.5, 0.6) is 0 Å². The van der Waals surface area contributed by atoms with Gasteiger partial charge in [-0.1, -0.05) is 6.07 Å². The predicted molar refractivity (Wildman–Crippen MR) is 102 cm³/mol. The van der Waals surface area contributed by atoms with E-state index in [4.69, 9.17) is 10.00 Å². The van der Waals surface area contributed by atoms with Gasteiger partial charge in [0, 0.05) is 17.4 Å². The van der Waals surface area contributed by atoms with E-state index in [-0.39, 0.29) is 5.97 Å². The van der Waals surface area contributed by atoms with Gasteiger partial charge in [0.25, 0.3) is 0 Å². The van der Waals surface area contributed by atoms with Crippen LogP contribution in [-0.4, -0.2) is 23.0 Å². The molecule has 0 amide bonds. The van der Waals surface area contributed by atoms with Crippen molar-refractivity contribution < 1.29 is 9.53 Å². The van der Waals surface area contributed by atoms with E-state index in [0.717, 1.165) is 11.4 Å². The zero-order chi connectivity index (χ0) is 19.2. The molecule has 2 N–H and O–H groups in total. The lowest BCUT2D eigenvalue weighted by atomic mass is 10.2. The number of rotatable bonds is 5. The van der Waals surface area contributed by atoms with Crippen LogP contribution in [0.3, 0.4) is 0 Å². The van der Waals surface area contributed by atoms with Crippen LogP contribution in [0.25, 0.3) is 0 Å². The Hall–Kier alpha value is -3.92. The number of nitrogens with one attached hydrogen (secondary N) is 2. The monoisotopic (exact) mass is 359 g/mol. The highest BCUT2D eigenvalue weighted by molar-refractivity contribution is 5.89. The molecular formula is C20H17N5O2. The van der Waals surface area contributed by atoms with Gasteiger partial charge in [0.05, 0.1) is 24.3 Å². The van der Waals surface area contributed by atoms with E-state index >= 15 is 0 Å². The van der Waals surface area contributed by atoms with Crippen LogP contribution in [-0.2, 0) is 4.74 Å². The molecule has 1 aromatic heterocycles. The molecule has 0 aliphatic rings. The normalized spacial score (nSPS) is 9.96. The molecule has 0 aliphatic heterocycles. The zero-order valence-corrected chi connectivity index (χ0v) is 14.9. The van der Waals surface area contributed by atoms with Crippen LogP contribution >= 0.6 is 0 Å². The fraction of sp³-hybridized carbons (Fsp3) is 0.100. The van der Waals surface area contributed by atoms with Crippen LogP contribution in [0.15, 0.2) is 54.6 Å². The third-order valence-corrected chi connectivity index (χ3v) is 3.68. The smallest absolute Gasteiger partial charge is 0.337 e. The second-order valence-electron chi connectivity index (χ2n) is 5.70. The molecule has 2 aromatic carbocycles. The van der Waals surface area contributed by atoms with Gasteiger partial charge in [0.1, 0.15) is 17.5 Å². The van der Waals surface area contributed by atoms with E-state index in [1.54, 1.807) is 55.5 Å². The summed E-state index contributed by atoms with van der Waals surface area (Å²) in [7, 11) is 1.35. The molecule has 3 rings (SSSR count). The topological polar surface area (TPSA) is 99.9 Å². The summed E-state index contributed by atoms with van der Waals surface area (Å²) in [5.74, 6) is 1.41. The molecule has 134 valence electrons. The molecule has 7 nitrogen and oxygen atoms in total. The van der Waals surface area contributed by atoms with Gasteiger partial charge in [-0.25, -0.2) is 14.8 Å². The fourth-order valence-corrected chi connectivity index (χ4v) is 2.47. The molecule has 3 aromatic rings. The Bertz CT molecular complexity index is 1010. The van der Waals surface area contributed by atoms with E-state index in [9.17, 15) is 4.79 Å². The van der Waals surface area contributed by atoms with E-state index in [2.05, 4.69) is 26.7 Å². The van der Waals surface area contributed by atoms with Gasteiger partial charge < -0.3 is 15.4 Å². The van der Waals surface area contributed by atoms with Gasteiger partial charge in [-0.2, -0.15) is 5.26 Å². The van der Waals surface area contributed by atoms with Gasteiger partial charge in [-0.3, -0.25) is 0 Å². The molecule has 7 heteroatoms. The second-order valence-corrected chi connectivity index (χ2v) is 5.70. The van der Waals surface area contributed by atoms with Gasteiger partial charge in [0.2, 0.25) is 0 Å². The van der Waals surface area contributed by atoms with Gasteiger partial charge >= 0.3 is 5.97 Å². The number of aryl methyl sites for hydroxylation is 1. The van der Waals surface area contributed by atoms with Crippen LogP contribution in [0, 0.1) is 18.3 Å². The number of aromatic nitrogens is 2. The number of hydrogen-bond acceptors (Lipinski definition) is 7. The molecule has 0 spiro atoms. The maximum absolute atomic E-state index is 11.5. The molecule has 0 saturated heterocycles. The van der Waals surface area contributed by atoms with Gasteiger partial charge in [0.15, 0.2) is 0 Å². The summed E-state index contributed by atoms with van der Waals surface area (Å²) in [4.78, 5) is 20.2. The van der Waals surface area contributed by atoms with E-state index in [1.807, 2.05) is 6.07 Å². The molecule has 0 radical (unpaired) electrons. The first-order chi connectivity index (χ1) is 13.1. The van der Waals surface area contributed by atoms with E-state index in [1.165, 1.54) is 7.11 Å². The number of esters is 1. The van der Waals surface area contributed by atoms with Crippen molar-refractivity contribution in [2.45, 2.75) is 6.92 Å². The predicted octanol–water partition coefficient (Wildman–Crippen LogP) is 3.93. The maximum Gasteiger partial charge on any atom is 0.337 e. The molecule has 1 heterocycles. The summed E-state index contributed by atoms with van der Waals surface area (Å²) in [6.07, 6.45) is 0. The molecule has 0 unspecified atom stereocenters. The van der Waals surface area contributed by atoms with Gasteiger partial charge in [-0.15, -0.1) is 0 Å². The molecular weight excluding hydrogens is 342 g/mol. The van der Waals surface area contributed by atoms with Crippen molar-refractivity contribution in [1.82, 2.24) is 9.97 Å². The fourth-order valence-electron chi connectivity index (χ4n) is 2.47. The lowest BCUT2D eigenvalue weighted by molar-refractivity contribution is 0.0601. The maximum atomic E-state index is 11.5. The summed E-state index contributed by atoms with van der Waals surface area (Å²) in [6, 6.07) is 17.9. The van der Waals surface area contributed by atoms with Crippen LogP contribution < -0.4 is 10.6 Å². The SMILES string of the molecule is COC(=O)c1ccc(Nc2cc(Nc3cccc(C#N)c3)nc(C)n2)cc1. The summed E-state index contributed by atoms with van der Waals surface area (Å²) in [5, 5.41) is 15.4. The van der Waals surface area contributed by atoms with Crippen LogP contribution in [0.1, 0.15) is 21.7 Å². The molecule has 0 fully saturated rings. The molecule has 0 saturated carbocycles. The summed E-state index contributed by atoms with van der Waals surface area (Å²) in [6.45, 7) is 1.79. The number of nitrogens with zero attached hydrogens (tertiary/aromatic N) is 3. The first-order valence-electron chi connectivity index (χ1n) is 8.15. The Morgan fingerprint density at radius 2 is 1.67 bits per heavy atom.